The maximum Gasteiger partial charge on any atom is 0.174 e. The van der Waals surface area contributed by atoms with Gasteiger partial charge in [0.1, 0.15) is 24.2 Å². The Labute approximate surface area is 267 Å². The molecule has 7 nitrogen and oxygen atoms in total. The molecular weight excluding hydrogens is 588 g/mol. The molecule has 0 radical (unpaired) electrons. The summed E-state index contributed by atoms with van der Waals surface area (Å²) in [6.45, 7) is 0.201. The van der Waals surface area contributed by atoms with Gasteiger partial charge < -0.3 is 24.1 Å². The summed E-state index contributed by atoms with van der Waals surface area (Å²) in [7, 11) is 4.50. The van der Waals surface area contributed by atoms with E-state index in [0.29, 0.717) is 29.2 Å². The molecule has 0 spiro atoms. The minimum Gasteiger partial charge on any atom is -0.496 e. The summed E-state index contributed by atoms with van der Waals surface area (Å²) >= 11 is 1.26. The zero-order valence-corrected chi connectivity index (χ0v) is 26.2. The van der Waals surface area contributed by atoms with Gasteiger partial charge in [0.15, 0.2) is 23.1 Å². The SMILES string of the molecule is COc1cc(OCc2ccccc2)c(C(=O)CC(=O)[C@@]2(C(O)C#CSc3ccccc3)CCc3cccc(OC)c32)cc1OC. The zero-order valence-electron chi connectivity index (χ0n) is 25.4. The van der Waals surface area contributed by atoms with Gasteiger partial charge >= 0.3 is 0 Å². The quantitative estimate of drug-likeness (QED) is 0.0837. The van der Waals surface area contributed by atoms with E-state index < -0.39 is 29.5 Å². The van der Waals surface area contributed by atoms with Crippen molar-refractivity contribution in [3.63, 3.8) is 0 Å². The van der Waals surface area contributed by atoms with Crippen LogP contribution in [-0.4, -0.2) is 44.1 Å². The van der Waals surface area contributed by atoms with Gasteiger partial charge in [0.05, 0.1) is 38.7 Å². The number of ketones is 2. The lowest BCUT2D eigenvalue weighted by Crippen LogP contribution is -2.45. The minimum atomic E-state index is -1.47. The summed E-state index contributed by atoms with van der Waals surface area (Å²) in [4.78, 5) is 29.3. The summed E-state index contributed by atoms with van der Waals surface area (Å²) in [6.07, 6.45) is -1.08. The second-order valence-corrected chi connectivity index (χ2v) is 11.4. The number of hydrogen-bond acceptors (Lipinski definition) is 8. The molecule has 8 heteroatoms. The van der Waals surface area contributed by atoms with Crippen LogP contribution < -0.4 is 18.9 Å². The molecular formula is C37H34O7S. The molecule has 1 N–H and O–H groups in total. The third-order valence-electron chi connectivity index (χ3n) is 7.98. The summed E-state index contributed by atoms with van der Waals surface area (Å²) in [6, 6.07) is 27.7. The number of Topliss-reactive ketones (excluding diaryl/α,β-unsaturated/α-hetero) is 2. The second kappa shape index (κ2) is 14.4. The molecule has 1 aliphatic carbocycles. The lowest BCUT2D eigenvalue weighted by Gasteiger charge is -2.32. The molecule has 4 aromatic rings. The first kappa shape index (κ1) is 31.7. The van der Waals surface area contributed by atoms with E-state index in [1.54, 1.807) is 12.1 Å². The smallest absolute Gasteiger partial charge is 0.174 e. The normalized spacial score (nSPS) is 15.6. The Kier molecular flexibility index (Phi) is 10.1. The molecule has 1 unspecified atom stereocenters. The highest BCUT2D eigenvalue weighted by molar-refractivity contribution is 8.03. The number of hydrogen-bond donors (Lipinski definition) is 1. The van der Waals surface area contributed by atoms with E-state index in [1.165, 1.54) is 39.2 Å². The summed E-state index contributed by atoms with van der Waals surface area (Å²) in [5, 5.41) is 14.6. The lowest BCUT2D eigenvalue weighted by molar-refractivity contribution is -0.126. The van der Waals surface area contributed by atoms with E-state index in [9.17, 15) is 14.7 Å². The number of benzene rings is 4. The largest absolute Gasteiger partial charge is 0.496 e. The Morgan fingerprint density at radius 1 is 0.844 bits per heavy atom. The number of carbonyl (C=O) groups excluding carboxylic acids is 2. The molecule has 0 aliphatic heterocycles. The Hall–Kier alpha value is -4.71. The number of ether oxygens (including phenoxy) is 4. The Morgan fingerprint density at radius 2 is 1.51 bits per heavy atom. The first-order chi connectivity index (χ1) is 21.9. The van der Waals surface area contributed by atoms with Crippen LogP contribution in [0.15, 0.2) is 95.9 Å². The third-order valence-corrected chi connectivity index (χ3v) is 8.71. The average Bonchev–Trinajstić information content (AvgIpc) is 3.49. The first-order valence-corrected chi connectivity index (χ1v) is 15.3. The summed E-state index contributed by atoms with van der Waals surface area (Å²) in [5.74, 6) is 3.41. The average molecular weight is 623 g/mol. The second-order valence-electron chi connectivity index (χ2n) is 10.5. The van der Waals surface area contributed by atoms with E-state index in [4.69, 9.17) is 18.9 Å². The molecule has 0 fully saturated rings. The van der Waals surface area contributed by atoms with Crippen molar-refractivity contribution in [1.82, 2.24) is 0 Å². The first-order valence-electron chi connectivity index (χ1n) is 14.5. The minimum absolute atomic E-state index is 0.172. The number of aliphatic hydroxyl groups is 1. The van der Waals surface area contributed by atoms with Gasteiger partial charge in [-0.2, -0.15) is 0 Å². The van der Waals surface area contributed by atoms with Crippen molar-refractivity contribution in [1.29, 1.82) is 0 Å². The molecule has 0 bridgehead atoms. The van der Waals surface area contributed by atoms with Gasteiger partial charge in [-0.25, -0.2) is 0 Å². The van der Waals surface area contributed by atoms with E-state index >= 15 is 0 Å². The van der Waals surface area contributed by atoms with Crippen LogP contribution in [0.25, 0.3) is 0 Å². The fraction of sp³-hybridized carbons (Fsp3) is 0.243. The fourth-order valence-electron chi connectivity index (χ4n) is 5.71. The maximum absolute atomic E-state index is 14.4. The van der Waals surface area contributed by atoms with Crippen LogP contribution in [0, 0.1) is 11.2 Å². The van der Waals surface area contributed by atoms with Crippen LogP contribution in [0.4, 0.5) is 0 Å². The van der Waals surface area contributed by atoms with Crippen LogP contribution >= 0.6 is 11.8 Å². The highest BCUT2D eigenvalue weighted by Crippen LogP contribution is 2.48. The number of aryl methyl sites for hydroxylation is 1. The van der Waals surface area contributed by atoms with Crippen molar-refractivity contribution in [3.05, 3.63) is 113 Å². The Balaban J connectivity index is 1.50. The number of carbonyl (C=O) groups is 2. The van der Waals surface area contributed by atoms with Crippen LogP contribution in [0.3, 0.4) is 0 Å². The van der Waals surface area contributed by atoms with Crippen LogP contribution in [0.2, 0.25) is 0 Å². The third kappa shape index (κ3) is 6.70. The predicted octanol–water partition coefficient (Wildman–Crippen LogP) is 6.43. The maximum atomic E-state index is 14.4. The summed E-state index contributed by atoms with van der Waals surface area (Å²) < 4.78 is 22.7. The number of fused-ring (bicyclic) bond motifs is 1. The van der Waals surface area contributed by atoms with Crippen molar-refractivity contribution in [2.45, 2.75) is 42.3 Å². The van der Waals surface area contributed by atoms with Gasteiger partial charge in [-0.05, 0) is 65.2 Å². The number of thioether (sulfide) groups is 1. The lowest BCUT2D eigenvalue weighted by atomic mass is 9.71. The van der Waals surface area contributed by atoms with Gasteiger partial charge in [-0.1, -0.05) is 66.6 Å². The molecule has 1 aliphatic rings. The zero-order chi connectivity index (χ0) is 31.8. The van der Waals surface area contributed by atoms with E-state index in [-0.39, 0.29) is 24.3 Å². The van der Waals surface area contributed by atoms with Crippen molar-refractivity contribution < 1.29 is 33.6 Å². The number of aliphatic hydroxyl groups excluding tert-OH is 1. The molecule has 45 heavy (non-hydrogen) atoms. The van der Waals surface area contributed by atoms with E-state index in [1.807, 2.05) is 72.8 Å². The molecule has 0 saturated heterocycles. The Bertz CT molecular complexity index is 1730. The predicted molar refractivity (Wildman–Crippen MR) is 173 cm³/mol. The van der Waals surface area contributed by atoms with Gasteiger partial charge in [-0.15, -0.1) is 0 Å². The van der Waals surface area contributed by atoms with E-state index in [0.717, 1.165) is 16.0 Å². The topological polar surface area (TPSA) is 91.3 Å². The van der Waals surface area contributed by atoms with Crippen molar-refractivity contribution >= 4 is 23.3 Å². The molecule has 0 heterocycles. The van der Waals surface area contributed by atoms with E-state index in [2.05, 4.69) is 11.2 Å². The van der Waals surface area contributed by atoms with Gasteiger partial charge in [0.2, 0.25) is 0 Å². The van der Waals surface area contributed by atoms with Crippen LogP contribution in [0.1, 0.15) is 39.9 Å². The van der Waals surface area contributed by atoms with Crippen molar-refractivity contribution in [2.24, 2.45) is 0 Å². The molecule has 230 valence electrons. The monoisotopic (exact) mass is 622 g/mol. The van der Waals surface area contributed by atoms with Gasteiger partial charge in [0.25, 0.3) is 0 Å². The van der Waals surface area contributed by atoms with Crippen LogP contribution in [0.5, 0.6) is 23.0 Å². The van der Waals surface area contributed by atoms with Gasteiger partial charge in [-0.3, -0.25) is 9.59 Å². The van der Waals surface area contributed by atoms with Crippen LogP contribution in [-0.2, 0) is 23.2 Å². The standard InChI is InChI=1S/C37H34O7S/c1-41-30-16-10-13-26-17-19-37(36(26)30,34(39)18-20-45-27-14-8-5-9-15-27)35(40)22-29(38)28-21-32(42-2)33(43-3)23-31(28)44-24-25-11-6-4-7-12-25/h4-16,21,23,34,39H,17,19,22,24H2,1-3H3/t34?,37-/m0/s1. The molecule has 0 saturated carbocycles. The highest BCUT2D eigenvalue weighted by atomic mass is 32.2. The summed E-state index contributed by atoms with van der Waals surface area (Å²) in [5.41, 5.74) is 1.06. The molecule has 4 aromatic carbocycles. The fourth-order valence-corrected chi connectivity index (χ4v) is 6.29. The molecule has 0 aromatic heterocycles. The van der Waals surface area contributed by atoms with Crippen molar-refractivity contribution in [3.8, 4) is 34.2 Å². The molecule has 0 amide bonds. The Morgan fingerprint density at radius 3 is 2.20 bits per heavy atom. The molecule has 5 rings (SSSR count). The van der Waals surface area contributed by atoms with Gasteiger partial charge in [0, 0.05) is 16.5 Å². The number of methoxy groups -OCH3 is 3. The number of rotatable bonds is 12. The van der Waals surface area contributed by atoms with Crippen molar-refractivity contribution in [2.75, 3.05) is 21.3 Å². The highest BCUT2D eigenvalue weighted by Gasteiger charge is 2.52. The molecule has 2 atom stereocenters.